The van der Waals surface area contributed by atoms with Gasteiger partial charge in [-0.1, -0.05) is 47.0 Å². The molecule has 6 nitrogen and oxygen atoms in total. The second-order valence-electron chi connectivity index (χ2n) is 7.42. The van der Waals surface area contributed by atoms with E-state index in [2.05, 4.69) is 4.98 Å². The number of benzene rings is 2. The van der Waals surface area contributed by atoms with Gasteiger partial charge in [0, 0.05) is 12.5 Å². The van der Waals surface area contributed by atoms with Crippen LogP contribution in [0.25, 0.3) is 0 Å². The van der Waals surface area contributed by atoms with Crippen LogP contribution in [0.15, 0.2) is 65.7 Å². The Kier molecular flexibility index (Phi) is 6.06. The average molecular weight is 427 g/mol. The Hall–Kier alpha value is -2.83. The molecule has 7 heteroatoms. The summed E-state index contributed by atoms with van der Waals surface area (Å²) in [5.41, 5.74) is 2.05. The van der Waals surface area contributed by atoms with Gasteiger partial charge in [0.1, 0.15) is 48.0 Å². The van der Waals surface area contributed by atoms with E-state index in [9.17, 15) is 4.79 Å². The maximum Gasteiger partial charge on any atom is 0.256 e. The molecule has 3 aromatic rings. The highest BCUT2D eigenvalue weighted by atomic mass is 35.5. The Bertz CT molecular complexity index is 1050. The fourth-order valence-electron chi connectivity index (χ4n) is 3.35. The molecule has 0 bridgehead atoms. The van der Waals surface area contributed by atoms with Gasteiger partial charge < -0.3 is 14.2 Å². The molecule has 2 heterocycles. The van der Waals surface area contributed by atoms with Crippen molar-refractivity contribution in [1.82, 2.24) is 9.55 Å². The first-order chi connectivity index (χ1) is 14.5. The maximum atomic E-state index is 12.3. The number of rotatable bonds is 6. The maximum absolute atomic E-state index is 12.3. The molecule has 3 atom stereocenters. The van der Waals surface area contributed by atoms with E-state index >= 15 is 0 Å². The van der Waals surface area contributed by atoms with Gasteiger partial charge in [0.2, 0.25) is 0 Å². The Morgan fingerprint density at radius 2 is 1.70 bits per heavy atom. The molecule has 0 radical (unpaired) electrons. The largest absolute Gasteiger partial charge is 0.491 e. The van der Waals surface area contributed by atoms with Crippen LogP contribution in [0, 0.1) is 13.8 Å². The Balaban J connectivity index is 1.52. The van der Waals surface area contributed by atoms with Crippen molar-refractivity contribution in [2.45, 2.75) is 38.7 Å². The number of halogens is 1. The van der Waals surface area contributed by atoms with Crippen LogP contribution in [0.5, 0.6) is 11.5 Å². The van der Waals surface area contributed by atoms with Crippen LogP contribution < -0.4 is 15.0 Å². The third-order valence-corrected chi connectivity index (χ3v) is 5.24. The zero-order chi connectivity index (χ0) is 21.1. The van der Waals surface area contributed by atoms with E-state index in [-0.39, 0.29) is 22.9 Å². The third-order valence-electron chi connectivity index (χ3n) is 5.04. The van der Waals surface area contributed by atoms with Gasteiger partial charge in [-0.15, -0.1) is 0 Å². The smallest absolute Gasteiger partial charge is 0.256 e. The van der Waals surface area contributed by atoms with E-state index in [1.807, 2.05) is 62.4 Å². The standard InChI is InChI=1S/C23H23ClN2O4/c1-15-3-7-17(8-4-15)28-13-20-19(29-18-9-5-16(2)6-10-18)11-23(30-20)26-14-25-21(24)12-22(26)27/h3-10,12,14,19-20,23H,11,13H2,1-2H3/t19-,20+,23+/m0/s1. The van der Waals surface area contributed by atoms with Crippen molar-refractivity contribution in [2.24, 2.45) is 0 Å². The summed E-state index contributed by atoms with van der Waals surface area (Å²) < 4.78 is 19.7. The lowest BCUT2D eigenvalue weighted by atomic mass is 10.1. The van der Waals surface area contributed by atoms with E-state index in [0.29, 0.717) is 13.0 Å². The van der Waals surface area contributed by atoms with Gasteiger partial charge in [-0.3, -0.25) is 9.36 Å². The van der Waals surface area contributed by atoms with Crippen molar-refractivity contribution in [3.8, 4) is 11.5 Å². The Morgan fingerprint density at radius 3 is 2.33 bits per heavy atom. The highest BCUT2D eigenvalue weighted by Gasteiger charge is 2.39. The molecular weight excluding hydrogens is 404 g/mol. The topological polar surface area (TPSA) is 62.6 Å². The van der Waals surface area contributed by atoms with Crippen molar-refractivity contribution < 1.29 is 14.2 Å². The fourth-order valence-corrected chi connectivity index (χ4v) is 3.49. The minimum Gasteiger partial charge on any atom is -0.491 e. The van der Waals surface area contributed by atoms with Crippen molar-refractivity contribution >= 4 is 11.6 Å². The summed E-state index contributed by atoms with van der Waals surface area (Å²) in [7, 11) is 0. The predicted octanol–water partition coefficient (Wildman–Crippen LogP) is 4.33. The van der Waals surface area contributed by atoms with E-state index in [1.54, 1.807) is 0 Å². The first kappa shape index (κ1) is 20.4. The molecule has 0 amide bonds. The number of aromatic nitrogens is 2. The second-order valence-corrected chi connectivity index (χ2v) is 7.80. The molecule has 0 aliphatic carbocycles. The molecule has 1 fully saturated rings. The molecular formula is C23H23ClN2O4. The Labute approximate surface area is 180 Å². The average Bonchev–Trinajstić information content (AvgIpc) is 3.11. The van der Waals surface area contributed by atoms with Gasteiger partial charge in [-0.2, -0.15) is 0 Å². The van der Waals surface area contributed by atoms with Crippen molar-refractivity contribution in [3.05, 3.63) is 87.6 Å². The van der Waals surface area contributed by atoms with E-state index < -0.39 is 6.23 Å². The molecule has 0 unspecified atom stereocenters. The van der Waals surface area contributed by atoms with Gasteiger partial charge in [0.15, 0.2) is 0 Å². The molecule has 156 valence electrons. The number of hydrogen-bond donors (Lipinski definition) is 0. The number of nitrogens with zero attached hydrogens (tertiary/aromatic N) is 2. The van der Waals surface area contributed by atoms with Gasteiger partial charge >= 0.3 is 0 Å². The summed E-state index contributed by atoms with van der Waals surface area (Å²) in [6.07, 6.45) is 0.732. The van der Waals surface area contributed by atoms with Crippen molar-refractivity contribution in [2.75, 3.05) is 6.61 Å². The van der Waals surface area contributed by atoms with E-state index in [0.717, 1.165) is 22.6 Å². The van der Waals surface area contributed by atoms with Crippen LogP contribution in [-0.2, 0) is 4.74 Å². The highest BCUT2D eigenvalue weighted by Crippen LogP contribution is 2.32. The lowest BCUT2D eigenvalue weighted by molar-refractivity contribution is -0.0370. The number of aryl methyl sites for hydroxylation is 2. The number of hydrogen-bond acceptors (Lipinski definition) is 5. The van der Waals surface area contributed by atoms with Crippen LogP contribution >= 0.6 is 11.6 Å². The third kappa shape index (κ3) is 4.83. The van der Waals surface area contributed by atoms with Crippen molar-refractivity contribution in [1.29, 1.82) is 0 Å². The quantitative estimate of drug-likeness (QED) is 0.549. The fraction of sp³-hybridized carbons (Fsp3) is 0.304. The second kappa shape index (κ2) is 8.90. The van der Waals surface area contributed by atoms with Crippen LogP contribution in [-0.4, -0.2) is 28.4 Å². The van der Waals surface area contributed by atoms with Crippen LogP contribution in [0.4, 0.5) is 0 Å². The van der Waals surface area contributed by atoms with Gasteiger partial charge in [0.05, 0.1) is 0 Å². The first-order valence-corrected chi connectivity index (χ1v) is 10.2. The monoisotopic (exact) mass is 426 g/mol. The van der Waals surface area contributed by atoms with Gasteiger partial charge in [-0.05, 0) is 38.1 Å². The molecule has 1 aliphatic rings. The minimum atomic E-state index is -0.510. The minimum absolute atomic E-state index is 0.154. The lowest BCUT2D eigenvalue weighted by Gasteiger charge is -2.20. The summed E-state index contributed by atoms with van der Waals surface area (Å²) in [6, 6.07) is 16.9. The van der Waals surface area contributed by atoms with Gasteiger partial charge in [0.25, 0.3) is 5.56 Å². The summed E-state index contributed by atoms with van der Waals surface area (Å²) in [5, 5.41) is 0.154. The Morgan fingerprint density at radius 1 is 1.07 bits per heavy atom. The van der Waals surface area contributed by atoms with Crippen molar-refractivity contribution in [3.63, 3.8) is 0 Å². The SMILES string of the molecule is Cc1ccc(OC[C@H]2O[C@@H](n3cnc(Cl)cc3=O)C[C@@H]2Oc2ccc(C)cc2)cc1. The molecule has 0 spiro atoms. The van der Waals surface area contributed by atoms with E-state index in [1.165, 1.54) is 17.0 Å². The zero-order valence-electron chi connectivity index (χ0n) is 16.8. The van der Waals surface area contributed by atoms with Crippen LogP contribution in [0.3, 0.4) is 0 Å². The zero-order valence-corrected chi connectivity index (χ0v) is 17.6. The summed E-state index contributed by atoms with van der Waals surface area (Å²) in [5.74, 6) is 1.50. The normalized spacial score (nSPS) is 20.8. The molecule has 4 rings (SSSR count). The lowest BCUT2D eigenvalue weighted by Crippen LogP contribution is -2.32. The molecule has 2 aromatic carbocycles. The number of ether oxygens (including phenoxy) is 3. The molecule has 0 N–H and O–H groups in total. The first-order valence-electron chi connectivity index (χ1n) is 9.80. The van der Waals surface area contributed by atoms with Gasteiger partial charge in [-0.25, -0.2) is 4.98 Å². The van der Waals surface area contributed by atoms with E-state index in [4.69, 9.17) is 25.8 Å². The predicted molar refractivity (Wildman–Crippen MR) is 114 cm³/mol. The summed E-state index contributed by atoms with van der Waals surface area (Å²) >= 11 is 5.82. The van der Waals surface area contributed by atoms with Crippen LogP contribution in [0.1, 0.15) is 23.8 Å². The molecule has 30 heavy (non-hydrogen) atoms. The summed E-state index contributed by atoms with van der Waals surface area (Å²) in [6.45, 7) is 4.35. The highest BCUT2D eigenvalue weighted by molar-refractivity contribution is 6.29. The molecule has 1 aliphatic heterocycles. The molecule has 0 saturated carbocycles. The van der Waals surface area contributed by atoms with Crippen LogP contribution in [0.2, 0.25) is 5.15 Å². The molecule has 1 saturated heterocycles. The molecule has 1 aromatic heterocycles. The summed E-state index contributed by atoms with van der Waals surface area (Å²) in [4.78, 5) is 16.3.